The maximum absolute atomic E-state index is 12.6. The lowest BCUT2D eigenvalue weighted by Crippen LogP contribution is -2.14. The first-order valence-corrected chi connectivity index (χ1v) is 11.0. The molecule has 0 aromatic heterocycles. The van der Waals surface area contributed by atoms with Gasteiger partial charge < -0.3 is 14.8 Å². The van der Waals surface area contributed by atoms with Gasteiger partial charge in [0.2, 0.25) is 0 Å². The van der Waals surface area contributed by atoms with Gasteiger partial charge in [-0.1, -0.05) is 46.9 Å². The molecule has 1 N–H and O–H groups in total. The van der Waals surface area contributed by atoms with Crippen LogP contribution in [0.15, 0.2) is 60.2 Å². The van der Waals surface area contributed by atoms with Gasteiger partial charge in [-0.25, -0.2) is 0 Å². The van der Waals surface area contributed by atoms with Gasteiger partial charge in [0.25, 0.3) is 11.6 Å². The minimum atomic E-state index is -0.851. The summed E-state index contributed by atoms with van der Waals surface area (Å²) in [5.41, 5.74) is 0.406. The molecule has 1 amide bonds. The highest BCUT2D eigenvalue weighted by molar-refractivity contribution is 6.32. The summed E-state index contributed by atoms with van der Waals surface area (Å²) in [5, 5.41) is 24.0. The van der Waals surface area contributed by atoms with Gasteiger partial charge in [-0.2, -0.15) is 5.26 Å². The van der Waals surface area contributed by atoms with Crippen LogP contribution in [-0.4, -0.2) is 17.9 Å². The van der Waals surface area contributed by atoms with Crippen molar-refractivity contribution >= 4 is 58.2 Å². The van der Waals surface area contributed by atoms with E-state index in [0.717, 1.165) is 11.6 Å². The fourth-order valence-corrected chi connectivity index (χ4v) is 3.53. The number of benzene rings is 3. The van der Waals surface area contributed by atoms with Gasteiger partial charge in [0.15, 0.2) is 11.5 Å². The number of nitrogens with zero attached hydrogens (tertiary/aromatic N) is 2. The van der Waals surface area contributed by atoms with E-state index in [4.69, 9.17) is 44.3 Å². The summed E-state index contributed by atoms with van der Waals surface area (Å²) >= 11 is 18.1. The molecule has 3 rings (SSSR count). The van der Waals surface area contributed by atoms with E-state index in [1.165, 1.54) is 31.4 Å². The number of rotatable bonds is 8. The largest absolute Gasteiger partial charge is 0.493 e. The van der Waals surface area contributed by atoms with Crippen LogP contribution < -0.4 is 14.8 Å². The van der Waals surface area contributed by atoms with Gasteiger partial charge in [0, 0.05) is 16.1 Å². The number of nitriles is 1. The van der Waals surface area contributed by atoms with E-state index in [1.54, 1.807) is 24.3 Å². The summed E-state index contributed by atoms with van der Waals surface area (Å²) in [4.78, 5) is 23.2. The highest BCUT2D eigenvalue weighted by Crippen LogP contribution is 2.37. The Morgan fingerprint density at radius 3 is 2.43 bits per heavy atom. The molecule has 178 valence electrons. The first-order chi connectivity index (χ1) is 16.7. The fraction of sp³-hybridized carbons (Fsp3) is 0.0833. The van der Waals surface area contributed by atoms with Crippen LogP contribution in [0.5, 0.6) is 11.5 Å². The van der Waals surface area contributed by atoms with E-state index in [-0.39, 0.29) is 39.4 Å². The van der Waals surface area contributed by atoms with Crippen LogP contribution >= 0.6 is 34.8 Å². The molecule has 0 atom stereocenters. The second-order valence-electron chi connectivity index (χ2n) is 6.99. The molecule has 0 fully saturated rings. The lowest BCUT2D eigenvalue weighted by Gasteiger charge is -2.14. The third-order valence-corrected chi connectivity index (χ3v) is 5.40. The predicted molar refractivity (Wildman–Crippen MR) is 134 cm³/mol. The Balaban J connectivity index is 1.84. The molecule has 0 aliphatic rings. The molecule has 3 aromatic carbocycles. The van der Waals surface area contributed by atoms with Crippen LogP contribution in [0.2, 0.25) is 15.1 Å². The number of nitro groups is 1. The van der Waals surface area contributed by atoms with E-state index in [0.29, 0.717) is 10.6 Å². The van der Waals surface area contributed by atoms with Crippen LogP contribution in [0.25, 0.3) is 6.08 Å². The third-order valence-electron chi connectivity index (χ3n) is 4.63. The Bertz CT molecular complexity index is 1350. The second kappa shape index (κ2) is 11.6. The summed E-state index contributed by atoms with van der Waals surface area (Å²) in [6.07, 6.45) is 1.27. The van der Waals surface area contributed by atoms with Gasteiger partial charge in [0.05, 0.1) is 17.1 Å². The zero-order chi connectivity index (χ0) is 25.5. The van der Waals surface area contributed by atoms with Crippen LogP contribution in [0.4, 0.5) is 11.4 Å². The van der Waals surface area contributed by atoms with Crippen molar-refractivity contribution in [2.24, 2.45) is 0 Å². The maximum Gasteiger partial charge on any atom is 0.294 e. The molecule has 8 nitrogen and oxygen atoms in total. The number of carbonyl (C=O) groups excluding carboxylic acids is 1. The molecule has 3 aromatic rings. The number of ether oxygens (including phenoxy) is 2. The molecule has 0 heterocycles. The Morgan fingerprint density at radius 2 is 1.80 bits per heavy atom. The topological polar surface area (TPSA) is 114 Å². The molecule has 0 radical (unpaired) electrons. The quantitative estimate of drug-likeness (QED) is 0.150. The van der Waals surface area contributed by atoms with Gasteiger partial charge in [-0.3, -0.25) is 14.9 Å². The summed E-state index contributed by atoms with van der Waals surface area (Å²) in [6.45, 7) is 0.203. The van der Waals surface area contributed by atoms with Gasteiger partial charge in [-0.05, 0) is 53.6 Å². The molecule has 0 saturated heterocycles. The molecule has 0 spiro atoms. The number of hydrogen-bond donors (Lipinski definition) is 1. The van der Waals surface area contributed by atoms with Gasteiger partial charge >= 0.3 is 0 Å². The first kappa shape index (κ1) is 25.8. The lowest BCUT2D eigenvalue weighted by atomic mass is 10.1. The highest BCUT2D eigenvalue weighted by atomic mass is 35.5. The SMILES string of the molecule is COc1cc(C=C(C#N)C(=O)Nc2ccc(Cl)cc2[N+](=O)[O-])cc(Cl)c1OCc1ccc(Cl)cc1. The smallest absolute Gasteiger partial charge is 0.294 e. The summed E-state index contributed by atoms with van der Waals surface area (Å²) in [5.74, 6) is -0.291. The summed E-state index contributed by atoms with van der Waals surface area (Å²) in [7, 11) is 1.42. The molecular weight excluding hydrogens is 517 g/mol. The van der Waals surface area contributed by atoms with Gasteiger partial charge in [0.1, 0.15) is 23.9 Å². The van der Waals surface area contributed by atoms with Crippen LogP contribution in [-0.2, 0) is 11.4 Å². The monoisotopic (exact) mass is 531 g/mol. The van der Waals surface area contributed by atoms with E-state index >= 15 is 0 Å². The number of nitrogens with one attached hydrogen (secondary N) is 1. The molecule has 11 heteroatoms. The van der Waals surface area contributed by atoms with E-state index in [9.17, 15) is 20.2 Å². The second-order valence-corrected chi connectivity index (χ2v) is 8.27. The molecule has 0 aliphatic carbocycles. The zero-order valence-electron chi connectivity index (χ0n) is 18.1. The minimum absolute atomic E-state index is 0.105. The Morgan fingerprint density at radius 1 is 1.11 bits per heavy atom. The van der Waals surface area contributed by atoms with Crippen LogP contribution in [0.1, 0.15) is 11.1 Å². The highest BCUT2D eigenvalue weighted by Gasteiger charge is 2.19. The van der Waals surface area contributed by atoms with Crippen LogP contribution in [0.3, 0.4) is 0 Å². The minimum Gasteiger partial charge on any atom is -0.493 e. The summed E-state index contributed by atoms with van der Waals surface area (Å²) < 4.78 is 11.2. The number of halogens is 3. The standard InChI is InChI=1S/C24H16Cl3N3O5/c1-34-22-10-15(9-19(27)23(22)35-13-14-2-4-17(25)5-3-14)8-16(12-28)24(31)29-20-7-6-18(26)11-21(20)30(32)33/h2-11H,13H2,1H3,(H,29,31). The van der Waals surface area contributed by atoms with Crippen molar-refractivity contribution in [1.29, 1.82) is 5.26 Å². The number of nitro benzene ring substituents is 1. The van der Waals surface area contributed by atoms with Crippen molar-refractivity contribution in [3.05, 3.63) is 96.5 Å². The number of anilines is 1. The van der Waals surface area contributed by atoms with E-state index in [2.05, 4.69) is 5.32 Å². The third kappa shape index (κ3) is 6.64. The number of carbonyl (C=O) groups is 1. The molecule has 0 bridgehead atoms. The van der Waals surface area contributed by atoms with Gasteiger partial charge in [-0.15, -0.1) is 0 Å². The average molecular weight is 533 g/mol. The fourth-order valence-electron chi connectivity index (χ4n) is 2.97. The summed E-state index contributed by atoms with van der Waals surface area (Å²) in [6, 6.07) is 15.7. The average Bonchev–Trinajstić information content (AvgIpc) is 2.83. The maximum atomic E-state index is 12.6. The normalized spacial score (nSPS) is 10.9. The van der Waals surface area contributed by atoms with Crippen molar-refractivity contribution < 1.29 is 19.2 Å². The zero-order valence-corrected chi connectivity index (χ0v) is 20.3. The van der Waals surface area contributed by atoms with E-state index in [1.807, 2.05) is 12.1 Å². The predicted octanol–water partition coefficient (Wildman–Crippen LogP) is 6.69. The van der Waals surface area contributed by atoms with Crippen molar-refractivity contribution in [2.45, 2.75) is 6.61 Å². The Kier molecular flexibility index (Phi) is 8.55. The Labute approximate surface area is 215 Å². The lowest BCUT2D eigenvalue weighted by molar-refractivity contribution is -0.383. The number of methoxy groups -OCH3 is 1. The van der Waals surface area contributed by atoms with Crippen molar-refractivity contribution in [3.8, 4) is 17.6 Å². The molecule has 0 aliphatic heterocycles. The van der Waals surface area contributed by atoms with E-state index < -0.39 is 16.5 Å². The van der Waals surface area contributed by atoms with Crippen molar-refractivity contribution in [3.63, 3.8) is 0 Å². The molecule has 0 saturated carbocycles. The molecule has 0 unspecified atom stereocenters. The number of amides is 1. The molecular formula is C24H16Cl3N3O5. The Hall–Kier alpha value is -3.77. The van der Waals surface area contributed by atoms with Crippen LogP contribution in [0, 0.1) is 21.4 Å². The van der Waals surface area contributed by atoms with Crippen molar-refractivity contribution in [1.82, 2.24) is 0 Å². The first-order valence-electron chi connectivity index (χ1n) is 9.83. The molecule has 35 heavy (non-hydrogen) atoms. The number of hydrogen-bond acceptors (Lipinski definition) is 6. The van der Waals surface area contributed by atoms with Crippen molar-refractivity contribution in [2.75, 3.05) is 12.4 Å².